The molecule has 0 fully saturated rings. The van der Waals surface area contributed by atoms with Gasteiger partial charge >= 0.3 is 6.18 Å². The molecule has 6 heteroatoms. The molecule has 0 saturated heterocycles. The molecule has 0 bridgehead atoms. The predicted molar refractivity (Wildman–Crippen MR) is 110 cm³/mol. The lowest BCUT2D eigenvalue weighted by molar-refractivity contribution is -0.137. The Morgan fingerprint density at radius 2 is 1.52 bits per heavy atom. The van der Waals surface area contributed by atoms with Crippen LogP contribution in [0.2, 0.25) is 0 Å². The molecule has 29 heavy (non-hydrogen) atoms. The van der Waals surface area contributed by atoms with E-state index in [1.807, 2.05) is 24.3 Å². The van der Waals surface area contributed by atoms with Gasteiger partial charge in [-0.1, -0.05) is 75.4 Å². The number of benzene rings is 2. The summed E-state index contributed by atoms with van der Waals surface area (Å²) in [7, 11) is 0. The lowest BCUT2D eigenvalue weighted by Gasteiger charge is -2.20. The first-order valence-corrected chi connectivity index (χ1v) is 9.24. The normalized spacial score (nSPS) is 12.2. The number of halogens is 3. The van der Waals surface area contributed by atoms with Crippen LogP contribution in [0.3, 0.4) is 0 Å². The maximum Gasteiger partial charge on any atom is 0.418 e. The summed E-state index contributed by atoms with van der Waals surface area (Å²) in [5, 5.41) is 0. The van der Waals surface area contributed by atoms with Crippen molar-refractivity contribution >= 4 is 5.69 Å². The highest BCUT2D eigenvalue weighted by Gasteiger charge is 2.35. The molecular formula is C23H23F3N2O. The van der Waals surface area contributed by atoms with Gasteiger partial charge in [0.1, 0.15) is 5.69 Å². The Kier molecular flexibility index (Phi) is 5.30. The Labute approximate surface area is 167 Å². The van der Waals surface area contributed by atoms with Gasteiger partial charge in [-0.2, -0.15) is 13.2 Å². The lowest BCUT2D eigenvalue weighted by atomic mass is 9.87. The molecule has 1 aromatic heterocycles. The third-order valence-corrected chi connectivity index (χ3v) is 4.87. The molecule has 0 aliphatic rings. The molecule has 3 nitrogen and oxygen atoms in total. The van der Waals surface area contributed by atoms with E-state index >= 15 is 0 Å². The van der Waals surface area contributed by atoms with Crippen LogP contribution in [0.5, 0.6) is 0 Å². The van der Waals surface area contributed by atoms with Gasteiger partial charge < -0.3 is 10.3 Å². The third-order valence-electron chi connectivity index (χ3n) is 4.87. The Hall–Kier alpha value is -3.02. The molecule has 152 valence electrons. The fourth-order valence-electron chi connectivity index (χ4n) is 3.19. The molecular weight excluding hydrogens is 377 g/mol. The number of aromatic nitrogens is 1. The standard InChI is InChI=1S/C23H23F3N2O/c1-22(2,3)17-11-9-15(10-12-17)14-28-19(16-7-5-4-6-8-16)13-18(23(24,25)26)20(27)21(28)29/h4-13H,14,27H2,1-3H3. The SMILES string of the molecule is CC(C)(C)c1ccc(Cn2c(-c3ccccc3)cc(C(F)(F)F)c(N)c2=O)cc1. The minimum atomic E-state index is -4.71. The van der Waals surface area contributed by atoms with E-state index in [9.17, 15) is 18.0 Å². The molecule has 0 unspecified atom stereocenters. The summed E-state index contributed by atoms with van der Waals surface area (Å²) in [6.07, 6.45) is -4.71. The minimum Gasteiger partial charge on any atom is -0.394 e. The predicted octanol–water partition coefficient (Wildman–Crippen LogP) is 5.46. The molecule has 2 aromatic carbocycles. The first-order chi connectivity index (χ1) is 13.5. The maximum atomic E-state index is 13.4. The summed E-state index contributed by atoms with van der Waals surface area (Å²) in [6, 6.07) is 17.2. The third kappa shape index (κ3) is 4.36. The van der Waals surface area contributed by atoms with E-state index in [2.05, 4.69) is 20.8 Å². The van der Waals surface area contributed by atoms with Crippen LogP contribution in [-0.2, 0) is 18.1 Å². The second-order valence-corrected chi connectivity index (χ2v) is 8.06. The zero-order valence-electron chi connectivity index (χ0n) is 16.5. The second-order valence-electron chi connectivity index (χ2n) is 8.06. The van der Waals surface area contributed by atoms with E-state index in [1.165, 1.54) is 4.57 Å². The monoisotopic (exact) mass is 400 g/mol. The van der Waals surface area contributed by atoms with Crippen molar-refractivity contribution in [3.05, 3.63) is 87.7 Å². The van der Waals surface area contributed by atoms with E-state index in [0.29, 0.717) is 5.56 Å². The molecule has 0 amide bonds. The molecule has 3 rings (SSSR count). The largest absolute Gasteiger partial charge is 0.418 e. The number of alkyl halides is 3. The molecule has 0 radical (unpaired) electrons. The first-order valence-electron chi connectivity index (χ1n) is 9.24. The summed E-state index contributed by atoms with van der Waals surface area (Å²) < 4.78 is 41.5. The summed E-state index contributed by atoms with van der Waals surface area (Å²) in [6.45, 7) is 6.40. The van der Waals surface area contributed by atoms with Crippen molar-refractivity contribution in [3.8, 4) is 11.3 Å². The first kappa shape index (κ1) is 20.7. The molecule has 0 spiro atoms. The van der Waals surface area contributed by atoms with Crippen molar-refractivity contribution < 1.29 is 13.2 Å². The summed E-state index contributed by atoms with van der Waals surface area (Å²) >= 11 is 0. The van der Waals surface area contributed by atoms with Crippen LogP contribution < -0.4 is 11.3 Å². The van der Waals surface area contributed by atoms with E-state index in [0.717, 1.165) is 17.2 Å². The molecule has 0 aliphatic heterocycles. The number of nitrogens with two attached hydrogens (primary N) is 1. The second kappa shape index (κ2) is 7.43. The van der Waals surface area contributed by atoms with E-state index in [-0.39, 0.29) is 17.7 Å². The zero-order chi connectivity index (χ0) is 21.4. The van der Waals surface area contributed by atoms with E-state index < -0.39 is 23.0 Å². The van der Waals surface area contributed by atoms with Gasteiger partial charge in [-0.15, -0.1) is 0 Å². The lowest BCUT2D eigenvalue weighted by Crippen LogP contribution is -2.28. The van der Waals surface area contributed by atoms with Crippen molar-refractivity contribution in [2.75, 3.05) is 5.73 Å². The van der Waals surface area contributed by atoms with E-state index in [1.54, 1.807) is 30.3 Å². The number of nitrogen functional groups attached to an aromatic ring is 1. The smallest absolute Gasteiger partial charge is 0.394 e. The van der Waals surface area contributed by atoms with Crippen molar-refractivity contribution in [1.82, 2.24) is 4.57 Å². The zero-order valence-corrected chi connectivity index (χ0v) is 16.5. The number of rotatable bonds is 3. The van der Waals surface area contributed by atoms with Crippen molar-refractivity contribution in [2.45, 2.75) is 38.9 Å². The Balaban J connectivity index is 2.15. The van der Waals surface area contributed by atoms with Crippen molar-refractivity contribution in [1.29, 1.82) is 0 Å². The number of hydrogen-bond acceptors (Lipinski definition) is 2. The highest BCUT2D eigenvalue weighted by atomic mass is 19.4. The number of hydrogen-bond donors (Lipinski definition) is 1. The van der Waals surface area contributed by atoms with Gasteiger partial charge in [-0.3, -0.25) is 4.79 Å². The molecule has 0 saturated carbocycles. The Morgan fingerprint density at radius 3 is 2.03 bits per heavy atom. The van der Waals surface area contributed by atoms with Crippen LogP contribution in [-0.4, -0.2) is 4.57 Å². The fraction of sp³-hybridized carbons (Fsp3) is 0.261. The number of pyridine rings is 1. The van der Waals surface area contributed by atoms with Crippen LogP contribution in [0.25, 0.3) is 11.3 Å². The average Bonchev–Trinajstić information content (AvgIpc) is 2.65. The average molecular weight is 400 g/mol. The van der Waals surface area contributed by atoms with Crippen LogP contribution in [0.15, 0.2) is 65.5 Å². The maximum absolute atomic E-state index is 13.4. The topological polar surface area (TPSA) is 48.0 Å². The van der Waals surface area contributed by atoms with Gasteiger partial charge in [0.05, 0.1) is 17.8 Å². The highest BCUT2D eigenvalue weighted by Crippen LogP contribution is 2.35. The number of nitrogens with zero attached hydrogens (tertiary/aromatic N) is 1. The van der Waals surface area contributed by atoms with Gasteiger partial charge in [-0.25, -0.2) is 0 Å². The Morgan fingerprint density at radius 1 is 0.931 bits per heavy atom. The summed E-state index contributed by atoms with van der Waals surface area (Å²) in [4.78, 5) is 12.8. The van der Waals surface area contributed by atoms with Crippen molar-refractivity contribution in [2.24, 2.45) is 0 Å². The van der Waals surface area contributed by atoms with Gasteiger partial charge in [-0.05, 0) is 28.2 Å². The van der Waals surface area contributed by atoms with Crippen LogP contribution in [0.1, 0.15) is 37.5 Å². The molecule has 1 heterocycles. The fourth-order valence-corrected chi connectivity index (χ4v) is 3.19. The minimum absolute atomic E-state index is 0.0245. The molecule has 0 aliphatic carbocycles. The quantitative estimate of drug-likeness (QED) is 0.634. The summed E-state index contributed by atoms with van der Waals surface area (Å²) in [5.74, 6) is 0. The molecule has 3 aromatic rings. The molecule has 0 atom stereocenters. The summed E-state index contributed by atoms with van der Waals surface area (Å²) in [5.41, 5.74) is 5.45. The van der Waals surface area contributed by atoms with Crippen LogP contribution >= 0.6 is 0 Å². The van der Waals surface area contributed by atoms with Crippen LogP contribution in [0.4, 0.5) is 18.9 Å². The van der Waals surface area contributed by atoms with Gasteiger partial charge in [0.25, 0.3) is 5.56 Å². The van der Waals surface area contributed by atoms with Crippen molar-refractivity contribution in [3.63, 3.8) is 0 Å². The number of anilines is 1. The molecule has 2 N–H and O–H groups in total. The van der Waals surface area contributed by atoms with E-state index in [4.69, 9.17) is 5.73 Å². The van der Waals surface area contributed by atoms with Gasteiger partial charge in [0.2, 0.25) is 0 Å². The van der Waals surface area contributed by atoms with Crippen LogP contribution in [0, 0.1) is 0 Å². The highest BCUT2D eigenvalue weighted by molar-refractivity contribution is 5.64. The Bertz CT molecular complexity index is 1060. The van der Waals surface area contributed by atoms with Gasteiger partial charge in [0, 0.05) is 0 Å². The van der Waals surface area contributed by atoms with Gasteiger partial charge in [0.15, 0.2) is 0 Å².